The molecular formula is C16H21F3N2. The van der Waals surface area contributed by atoms with Crippen LogP contribution in [0.5, 0.6) is 0 Å². The number of piperidine rings is 1. The Morgan fingerprint density at radius 1 is 1.10 bits per heavy atom. The Labute approximate surface area is 123 Å². The van der Waals surface area contributed by atoms with E-state index in [-0.39, 0.29) is 6.04 Å². The minimum Gasteiger partial charge on any atom is -0.366 e. The number of hydrogen-bond acceptors (Lipinski definition) is 2. The molecule has 1 aromatic carbocycles. The maximum Gasteiger partial charge on any atom is 0.418 e. The van der Waals surface area contributed by atoms with Crippen LogP contribution in [0.2, 0.25) is 0 Å². The molecule has 2 fully saturated rings. The largest absolute Gasteiger partial charge is 0.418 e. The molecule has 1 heterocycles. The Bertz CT molecular complexity index is 477. The summed E-state index contributed by atoms with van der Waals surface area (Å²) < 4.78 is 39.7. The molecule has 1 unspecified atom stereocenters. The summed E-state index contributed by atoms with van der Waals surface area (Å²) in [7, 11) is 0. The van der Waals surface area contributed by atoms with E-state index in [1.54, 1.807) is 12.1 Å². The van der Waals surface area contributed by atoms with Crippen molar-refractivity contribution in [2.45, 2.75) is 50.4 Å². The summed E-state index contributed by atoms with van der Waals surface area (Å²) in [5.74, 6) is 0. The van der Waals surface area contributed by atoms with Crippen LogP contribution in [0.1, 0.15) is 37.7 Å². The highest BCUT2D eigenvalue weighted by Gasteiger charge is 2.38. The number of para-hydroxylation sites is 1. The molecule has 1 aliphatic carbocycles. The number of nitrogens with one attached hydrogen (secondary N) is 1. The van der Waals surface area contributed by atoms with Crippen molar-refractivity contribution >= 4 is 5.69 Å². The molecule has 1 N–H and O–H groups in total. The molecule has 1 saturated heterocycles. The fraction of sp³-hybridized carbons (Fsp3) is 0.625. The molecule has 116 valence electrons. The lowest BCUT2D eigenvalue weighted by atomic mass is 10.0. The van der Waals surface area contributed by atoms with Crippen LogP contribution < -0.4 is 10.2 Å². The molecule has 2 aliphatic rings. The van der Waals surface area contributed by atoms with Crippen LogP contribution >= 0.6 is 0 Å². The highest BCUT2D eigenvalue weighted by molar-refractivity contribution is 5.56. The van der Waals surface area contributed by atoms with Crippen LogP contribution in [0.4, 0.5) is 18.9 Å². The van der Waals surface area contributed by atoms with Crippen molar-refractivity contribution in [3.8, 4) is 0 Å². The Morgan fingerprint density at radius 2 is 1.86 bits per heavy atom. The van der Waals surface area contributed by atoms with E-state index in [0.29, 0.717) is 18.3 Å². The second kappa shape index (κ2) is 5.87. The minimum absolute atomic E-state index is 0.275. The van der Waals surface area contributed by atoms with Gasteiger partial charge in [0, 0.05) is 24.3 Å². The van der Waals surface area contributed by atoms with Crippen LogP contribution in [0, 0.1) is 0 Å². The molecule has 2 nitrogen and oxygen atoms in total. The molecule has 1 atom stereocenters. The summed E-state index contributed by atoms with van der Waals surface area (Å²) in [6.45, 7) is 1.65. The molecule has 0 bridgehead atoms. The fourth-order valence-electron chi connectivity index (χ4n) is 3.11. The quantitative estimate of drug-likeness (QED) is 0.909. The van der Waals surface area contributed by atoms with Gasteiger partial charge in [-0.15, -0.1) is 0 Å². The second-order valence-corrected chi connectivity index (χ2v) is 6.05. The Balaban J connectivity index is 1.84. The first-order valence-electron chi connectivity index (χ1n) is 7.72. The molecular weight excluding hydrogens is 277 g/mol. The average molecular weight is 298 g/mol. The third-order valence-electron chi connectivity index (χ3n) is 4.34. The smallest absolute Gasteiger partial charge is 0.366 e. The molecule has 21 heavy (non-hydrogen) atoms. The molecule has 0 amide bonds. The normalized spacial score (nSPS) is 23.1. The molecule has 0 radical (unpaired) electrons. The molecule has 1 aliphatic heterocycles. The van der Waals surface area contributed by atoms with E-state index in [2.05, 4.69) is 5.32 Å². The van der Waals surface area contributed by atoms with Crippen LogP contribution in [0.25, 0.3) is 0 Å². The van der Waals surface area contributed by atoms with E-state index < -0.39 is 11.7 Å². The van der Waals surface area contributed by atoms with Crippen molar-refractivity contribution in [3.63, 3.8) is 0 Å². The first kappa shape index (κ1) is 14.7. The summed E-state index contributed by atoms with van der Waals surface area (Å²) in [6, 6.07) is 6.56. The molecule has 0 spiro atoms. The lowest BCUT2D eigenvalue weighted by Gasteiger charge is -2.33. The summed E-state index contributed by atoms with van der Waals surface area (Å²) in [4.78, 5) is 1.98. The number of benzene rings is 1. The van der Waals surface area contributed by atoms with Gasteiger partial charge >= 0.3 is 6.18 Å². The highest BCUT2D eigenvalue weighted by Crippen LogP contribution is 2.40. The van der Waals surface area contributed by atoms with Crippen molar-refractivity contribution in [3.05, 3.63) is 29.8 Å². The Morgan fingerprint density at radius 3 is 2.48 bits per heavy atom. The number of hydrogen-bond donors (Lipinski definition) is 1. The lowest BCUT2D eigenvalue weighted by Crippen LogP contribution is -2.45. The van der Waals surface area contributed by atoms with Crippen molar-refractivity contribution < 1.29 is 13.2 Å². The standard InChI is InChI=1S/C16H21F3N2/c17-16(18,19)14-6-1-2-7-15(14)21(13-8-9-13)11-12-5-3-4-10-20-12/h1-2,6-7,12-13,20H,3-5,8-11H2. The van der Waals surface area contributed by atoms with Gasteiger partial charge in [0.05, 0.1) is 5.56 Å². The zero-order valence-electron chi connectivity index (χ0n) is 12.0. The number of rotatable bonds is 4. The topological polar surface area (TPSA) is 15.3 Å². The summed E-state index contributed by atoms with van der Waals surface area (Å²) in [5.41, 5.74) is -0.160. The minimum atomic E-state index is -4.29. The second-order valence-electron chi connectivity index (χ2n) is 6.05. The first-order valence-corrected chi connectivity index (χ1v) is 7.72. The lowest BCUT2D eigenvalue weighted by molar-refractivity contribution is -0.137. The van der Waals surface area contributed by atoms with Crippen molar-refractivity contribution in [1.29, 1.82) is 0 Å². The van der Waals surface area contributed by atoms with Crippen molar-refractivity contribution in [1.82, 2.24) is 5.32 Å². The summed E-state index contributed by atoms with van der Waals surface area (Å²) in [6.07, 6.45) is 1.09. The molecule has 5 heteroatoms. The van der Waals surface area contributed by atoms with E-state index in [0.717, 1.165) is 32.2 Å². The van der Waals surface area contributed by atoms with E-state index in [1.165, 1.54) is 18.6 Å². The third-order valence-corrected chi connectivity index (χ3v) is 4.34. The number of alkyl halides is 3. The van der Waals surface area contributed by atoms with E-state index in [9.17, 15) is 13.2 Å². The maximum absolute atomic E-state index is 13.2. The molecule has 1 aromatic rings. The predicted octanol–water partition coefficient (Wildman–Crippen LogP) is 3.82. The Kier molecular flexibility index (Phi) is 4.11. The van der Waals surface area contributed by atoms with E-state index in [1.807, 2.05) is 4.90 Å². The zero-order valence-corrected chi connectivity index (χ0v) is 12.0. The van der Waals surface area contributed by atoms with Gasteiger partial charge in [-0.3, -0.25) is 0 Å². The maximum atomic E-state index is 13.2. The third kappa shape index (κ3) is 3.51. The van der Waals surface area contributed by atoms with E-state index >= 15 is 0 Å². The SMILES string of the molecule is FC(F)(F)c1ccccc1N(CC1CCCCN1)C1CC1. The van der Waals surface area contributed by atoms with Gasteiger partial charge < -0.3 is 10.2 Å². The average Bonchev–Trinajstić information content (AvgIpc) is 3.30. The van der Waals surface area contributed by atoms with E-state index in [4.69, 9.17) is 0 Å². The van der Waals surface area contributed by atoms with Crippen LogP contribution in [0.15, 0.2) is 24.3 Å². The van der Waals surface area contributed by atoms with Gasteiger partial charge in [-0.1, -0.05) is 18.6 Å². The van der Waals surface area contributed by atoms with Crippen LogP contribution in [0.3, 0.4) is 0 Å². The van der Waals surface area contributed by atoms with Crippen molar-refractivity contribution in [2.24, 2.45) is 0 Å². The fourth-order valence-corrected chi connectivity index (χ4v) is 3.11. The molecule has 1 saturated carbocycles. The summed E-state index contributed by atoms with van der Waals surface area (Å²) in [5, 5.41) is 3.44. The van der Waals surface area contributed by atoms with Gasteiger partial charge in [0.1, 0.15) is 0 Å². The number of anilines is 1. The molecule has 3 rings (SSSR count). The highest BCUT2D eigenvalue weighted by atomic mass is 19.4. The first-order chi connectivity index (χ1) is 10.1. The number of nitrogens with zero attached hydrogens (tertiary/aromatic N) is 1. The van der Waals surface area contributed by atoms with Crippen molar-refractivity contribution in [2.75, 3.05) is 18.0 Å². The van der Waals surface area contributed by atoms with Crippen LogP contribution in [-0.2, 0) is 6.18 Å². The summed E-state index contributed by atoms with van der Waals surface area (Å²) >= 11 is 0. The zero-order chi connectivity index (χ0) is 14.9. The van der Waals surface area contributed by atoms with Gasteiger partial charge in [0.15, 0.2) is 0 Å². The van der Waals surface area contributed by atoms with Gasteiger partial charge in [-0.05, 0) is 44.4 Å². The van der Waals surface area contributed by atoms with Gasteiger partial charge in [-0.25, -0.2) is 0 Å². The monoisotopic (exact) mass is 298 g/mol. The van der Waals surface area contributed by atoms with Crippen LogP contribution in [-0.4, -0.2) is 25.2 Å². The predicted molar refractivity (Wildman–Crippen MR) is 77.5 cm³/mol. The number of halogens is 3. The Hall–Kier alpha value is -1.23. The van der Waals surface area contributed by atoms with Gasteiger partial charge in [0.2, 0.25) is 0 Å². The molecule has 0 aromatic heterocycles. The van der Waals surface area contributed by atoms with Gasteiger partial charge in [-0.2, -0.15) is 13.2 Å². The van der Waals surface area contributed by atoms with Gasteiger partial charge in [0.25, 0.3) is 0 Å².